The minimum Gasteiger partial charge on any atom is -0.324 e. The Balaban J connectivity index is 1.30. The molecule has 2 aromatic carbocycles. The maximum absolute atomic E-state index is 15.1. The summed E-state index contributed by atoms with van der Waals surface area (Å²) in [6, 6.07) is 16.6. The van der Waals surface area contributed by atoms with E-state index in [4.69, 9.17) is 11.6 Å². The molecule has 4 heterocycles. The predicted molar refractivity (Wildman–Crippen MR) is 167 cm³/mol. The number of pyridine rings is 2. The molecule has 0 saturated carbocycles. The van der Waals surface area contributed by atoms with E-state index in [2.05, 4.69) is 32.2 Å². The Morgan fingerprint density at radius 2 is 1.79 bits per heavy atom. The van der Waals surface area contributed by atoms with Gasteiger partial charge in [0, 0.05) is 51.9 Å². The summed E-state index contributed by atoms with van der Waals surface area (Å²) in [5.74, 6) is 0.288. The van der Waals surface area contributed by atoms with Crippen LogP contribution >= 0.6 is 11.6 Å². The first-order chi connectivity index (χ1) is 20.3. The van der Waals surface area contributed by atoms with Crippen molar-refractivity contribution in [2.75, 3.05) is 25.5 Å². The lowest BCUT2D eigenvalue weighted by Gasteiger charge is -2.29. The molecule has 1 aliphatic heterocycles. The van der Waals surface area contributed by atoms with Crippen molar-refractivity contribution in [3.63, 3.8) is 0 Å². The number of anilines is 2. The van der Waals surface area contributed by atoms with E-state index < -0.39 is 0 Å². The molecule has 0 bridgehead atoms. The fourth-order valence-electron chi connectivity index (χ4n) is 5.73. The van der Waals surface area contributed by atoms with E-state index in [1.54, 1.807) is 23.0 Å². The molecule has 0 radical (unpaired) electrons. The number of fused-ring (bicyclic) bond motifs is 1. The SMILES string of the molecule is CCn1c(=O)c(-c2ccc(-c3ccnc(C)c3)cc2Cl)cc2cnc(Nc3ccc(C4CCN(C)CC4)c(F)c3)nc21. The Bertz CT molecular complexity index is 1850. The highest BCUT2D eigenvalue weighted by Crippen LogP contribution is 2.33. The average Bonchev–Trinajstić information content (AvgIpc) is 2.98. The maximum Gasteiger partial charge on any atom is 0.260 e. The molecule has 0 atom stereocenters. The van der Waals surface area contributed by atoms with Gasteiger partial charge in [-0.2, -0.15) is 4.98 Å². The van der Waals surface area contributed by atoms with E-state index in [9.17, 15) is 4.79 Å². The minimum atomic E-state index is -0.229. The summed E-state index contributed by atoms with van der Waals surface area (Å²) in [4.78, 5) is 29.3. The van der Waals surface area contributed by atoms with Crippen LogP contribution in [-0.2, 0) is 6.54 Å². The van der Waals surface area contributed by atoms with E-state index in [-0.39, 0.29) is 17.3 Å². The number of nitrogens with zero attached hydrogens (tertiary/aromatic N) is 5. The summed E-state index contributed by atoms with van der Waals surface area (Å²) >= 11 is 6.73. The van der Waals surface area contributed by atoms with Crippen LogP contribution in [0.5, 0.6) is 0 Å². The number of rotatable bonds is 6. The summed E-state index contributed by atoms with van der Waals surface area (Å²) in [5, 5.41) is 4.29. The number of hydrogen-bond donors (Lipinski definition) is 1. The first kappa shape index (κ1) is 28.0. The molecule has 1 N–H and O–H groups in total. The van der Waals surface area contributed by atoms with Crippen molar-refractivity contribution in [2.24, 2.45) is 0 Å². The first-order valence-corrected chi connectivity index (χ1v) is 14.6. The molecule has 7 nitrogen and oxygen atoms in total. The molecular formula is C33H32ClFN6O. The van der Waals surface area contributed by atoms with Crippen LogP contribution in [0.15, 0.2) is 71.8 Å². The molecule has 1 fully saturated rings. The minimum absolute atomic E-state index is 0.197. The van der Waals surface area contributed by atoms with Crippen molar-refractivity contribution in [2.45, 2.75) is 39.2 Å². The molecule has 0 aliphatic carbocycles. The third-order valence-corrected chi connectivity index (χ3v) is 8.36. The highest BCUT2D eigenvalue weighted by Gasteiger charge is 2.21. The van der Waals surface area contributed by atoms with Crippen LogP contribution in [0, 0.1) is 12.7 Å². The molecule has 9 heteroatoms. The van der Waals surface area contributed by atoms with Gasteiger partial charge in [0.25, 0.3) is 5.56 Å². The quantitative estimate of drug-likeness (QED) is 0.228. The fraction of sp³-hybridized carbons (Fsp3) is 0.273. The largest absolute Gasteiger partial charge is 0.324 e. The highest BCUT2D eigenvalue weighted by molar-refractivity contribution is 6.33. The normalized spacial score (nSPS) is 14.4. The van der Waals surface area contributed by atoms with Crippen molar-refractivity contribution < 1.29 is 4.39 Å². The lowest BCUT2D eigenvalue weighted by Crippen LogP contribution is -2.29. The molecule has 42 heavy (non-hydrogen) atoms. The average molecular weight is 583 g/mol. The van der Waals surface area contributed by atoms with Crippen LogP contribution in [0.25, 0.3) is 33.3 Å². The van der Waals surface area contributed by atoms with Crippen molar-refractivity contribution in [3.8, 4) is 22.3 Å². The zero-order valence-electron chi connectivity index (χ0n) is 23.9. The number of likely N-dealkylation sites (tertiary alicyclic amines) is 1. The van der Waals surface area contributed by atoms with Gasteiger partial charge in [-0.25, -0.2) is 9.37 Å². The molecule has 0 spiro atoms. The van der Waals surface area contributed by atoms with Gasteiger partial charge in [0.2, 0.25) is 5.95 Å². The van der Waals surface area contributed by atoms with Crippen molar-refractivity contribution in [3.05, 3.63) is 99.4 Å². The van der Waals surface area contributed by atoms with Gasteiger partial charge in [0.15, 0.2) is 0 Å². The number of piperidine rings is 1. The zero-order chi connectivity index (χ0) is 29.4. The van der Waals surface area contributed by atoms with E-state index in [1.165, 1.54) is 6.07 Å². The molecule has 214 valence electrons. The van der Waals surface area contributed by atoms with E-state index in [0.29, 0.717) is 45.4 Å². The van der Waals surface area contributed by atoms with Gasteiger partial charge >= 0.3 is 0 Å². The number of halogens is 2. The van der Waals surface area contributed by atoms with Gasteiger partial charge < -0.3 is 10.2 Å². The van der Waals surface area contributed by atoms with Gasteiger partial charge in [-0.15, -0.1) is 0 Å². The Labute approximate surface area is 249 Å². The third-order valence-electron chi connectivity index (χ3n) is 8.05. The van der Waals surface area contributed by atoms with Crippen LogP contribution in [0.3, 0.4) is 0 Å². The van der Waals surface area contributed by atoms with Crippen LogP contribution in [0.4, 0.5) is 16.0 Å². The van der Waals surface area contributed by atoms with Crippen LogP contribution in [0.2, 0.25) is 5.02 Å². The number of aryl methyl sites for hydroxylation is 2. The molecule has 0 amide bonds. The number of aromatic nitrogens is 4. The second-order valence-corrected chi connectivity index (χ2v) is 11.3. The zero-order valence-corrected chi connectivity index (χ0v) is 24.6. The van der Waals surface area contributed by atoms with Gasteiger partial charge in [0.1, 0.15) is 11.5 Å². The summed E-state index contributed by atoms with van der Waals surface area (Å²) in [7, 11) is 2.10. The van der Waals surface area contributed by atoms with E-state index >= 15 is 4.39 Å². The number of hydrogen-bond acceptors (Lipinski definition) is 6. The maximum atomic E-state index is 15.1. The lowest BCUT2D eigenvalue weighted by molar-refractivity contribution is 0.253. The molecule has 6 rings (SSSR count). The molecule has 0 unspecified atom stereocenters. The third kappa shape index (κ3) is 5.52. The highest BCUT2D eigenvalue weighted by atomic mass is 35.5. The number of nitrogens with one attached hydrogen (secondary N) is 1. The van der Waals surface area contributed by atoms with Crippen molar-refractivity contribution in [1.82, 2.24) is 24.4 Å². The molecule has 3 aromatic heterocycles. The fourth-order valence-corrected chi connectivity index (χ4v) is 6.01. The monoisotopic (exact) mass is 582 g/mol. The number of benzene rings is 2. The molecular weight excluding hydrogens is 551 g/mol. The molecule has 5 aromatic rings. The lowest BCUT2D eigenvalue weighted by atomic mass is 9.89. The Hall–Kier alpha value is -4.14. The van der Waals surface area contributed by atoms with Crippen LogP contribution in [0.1, 0.15) is 36.9 Å². The summed E-state index contributed by atoms with van der Waals surface area (Å²) in [6.07, 6.45) is 5.33. The van der Waals surface area contributed by atoms with Crippen LogP contribution in [-0.4, -0.2) is 44.6 Å². The van der Waals surface area contributed by atoms with Gasteiger partial charge in [-0.05, 0) is 106 Å². The predicted octanol–water partition coefficient (Wildman–Crippen LogP) is 7.19. The van der Waals surface area contributed by atoms with E-state index in [0.717, 1.165) is 48.3 Å². The Kier molecular flexibility index (Phi) is 7.75. The van der Waals surface area contributed by atoms with Gasteiger partial charge in [-0.3, -0.25) is 14.3 Å². The smallest absolute Gasteiger partial charge is 0.260 e. The molecule has 1 aliphatic rings. The topological polar surface area (TPSA) is 75.9 Å². The standard InChI is InChI=1S/C33H32ClFN6O/c1-4-41-31-24(16-28(32(41)42)27-7-5-22(17-29(27)34)23-9-12-36-20(2)15-23)19-37-33(39-31)38-25-6-8-26(30(35)18-25)21-10-13-40(3)14-11-21/h5-9,12,15-19,21H,4,10-11,13-14H2,1-3H3,(H,37,38,39). The van der Waals surface area contributed by atoms with Crippen molar-refractivity contribution >= 4 is 34.3 Å². The first-order valence-electron chi connectivity index (χ1n) is 14.2. The van der Waals surface area contributed by atoms with Gasteiger partial charge in [-0.1, -0.05) is 29.8 Å². The second-order valence-electron chi connectivity index (χ2n) is 10.9. The second kappa shape index (κ2) is 11.6. The summed E-state index contributed by atoms with van der Waals surface area (Å²) < 4.78 is 16.7. The molecule has 1 saturated heterocycles. The van der Waals surface area contributed by atoms with Gasteiger partial charge in [0.05, 0.1) is 0 Å². The summed E-state index contributed by atoms with van der Waals surface area (Å²) in [5.41, 5.74) is 5.59. The Morgan fingerprint density at radius 1 is 1.00 bits per heavy atom. The van der Waals surface area contributed by atoms with Crippen LogP contribution < -0.4 is 10.9 Å². The van der Waals surface area contributed by atoms with E-state index in [1.807, 2.05) is 56.3 Å². The van der Waals surface area contributed by atoms with Crippen molar-refractivity contribution in [1.29, 1.82) is 0 Å². The Morgan fingerprint density at radius 3 is 2.50 bits per heavy atom. The summed E-state index contributed by atoms with van der Waals surface area (Å²) in [6.45, 7) is 6.19.